The lowest BCUT2D eigenvalue weighted by atomic mass is 10.2. The molecule has 0 aliphatic heterocycles. The molecule has 1 saturated carbocycles. The molecule has 2 rings (SSSR count). The maximum Gasteiger partial charge on any atom is 0.239 e. The van der Waals surface area contributed by atoms with Gasteiger partial charge in [-0.3, -0.25) is 4.79 Å². The first-order chi connectivity index (χ1) is 8.65. The van der Waals surface area contributed by atoms with Crippen LogP contribution in [0.4, 0.5) is 14.5 Å². The zero-order valence-corrected chi connectivity index (χ0v) is 10.0. The van der Waals surface area contributed by atoms with Crippen molar-refractivity contribution >= 4 is 11.6 Å². The Kier molecular flexibility index (Phi) is 4.12. The van der Waals surface area contributed by atoms with Gasteiger partial charge in [-0.2, -0.15) is 0 Å². The highest BCUT2D eigenvalue weighted by Gasteiger charge is 2.16. The molecule has 0 unspecified atom stereocenters. The molecular weight excluding hydrogens is 238 g/mol. The number of hydrogen-bond donors (Lipinski definition) is 2. The fourth-order valence-corrected chi connectivity index (χ4v) is 2.14. The Balaban J connectivity index is 1.79. The molecule has 2 N–H and O–H groups in total. The lowest BCUT2D eigenvalue weighted by Gasteiger charge is -2.12. The van der Waals surface area contributed by atoms with Crippen molar-refractivity contribution in [3.63, 3.8) is 0 Å². The molecule has 0 heterocycles. The summed E-state index contributed by atoms with van der Waals surface area (Å²) in [5.41, 5.74) is 0.399. The average molecular weight is 254 g/mol. The molecule has 0 bridgehead atoms. The maximum absolute atomic E-state index is 12.9. The largest absolute Gasteiger partial charge is 0.376 e. The predicted molar refractivity (Wildman–Crippen MR) is 65.2 cm³/mol. The third-order valence-corrected chi connectivity index (χ3v) is 3.09. The summed E-state index contributed by atoms with van der Waals surface area (Å²) in [6, 6.07) is 3.75. The molecule has 0 atom stereocenters. The van der Waals surface area contributed by atoms with E-state index in [0.717, 1.165) is 37.8 Å². The number of benzene rings is 1. The van der Waals surface area contributed by atoms with Crippen LogP contribution in [0, 0.1) is 11.6 Å². The zero-order chi connectivity index (χ0) is 13.0. The SMILES string of the molecule is O=C(CNc1ccc(F)c(F)c1)NC1CCCC1. The van der Waals surface area contributed by atoms with Gasteiger partial charge in [0, 0.05) is 17.8 Å². The van der Waals surface area contributed by atoms with Crippen LogP contribution in [-0.4, -0.2) is 18.5 Å². The van der Waals surface area contributed by atoms with E-state index < -0.39 is 11.6 Å². The molecule has 0 aromatic heterocycles. The van der Waals surface area contributed by atoms with Gasteiger partial charge in [0.15, 0.2) is 11.6 Å². The molecule has 0 saturated heterocycles. The summed E-state index contributed by atoms with van der Waals surface area (Å²) in [7, 11) is 0. The van der Waals surface area contributed by atoms with Crippen molar-refractivity contribution in [1.82, 2.24) is 5.32 Å². The van der Waals surface area contributed by atoms with Gasteiger partial charge in [-0.15, -0.1) is 0 Å². The lowest BCUT2D eigenvalue weighted by molar-refractivity contribution is -0.120. The van der Waals surface area contributed by atoms with E-state index in [2.05, 4.69) is 10.6 Å². The Hall–Kier alpha value is -1.65. The quantitative estimate of drug-likeness (QED) is 0.866. The number of halogens is 2. The highest BCUT2D eigenvalue weighted by atomic mass is 19.2. The van der Waals surface area contributed by atoms with Crippen molar-refractivity contribution in [3.05, 3.63) is 29.8 Å². The Morgan fingerprint density at radius 3 is 2.61 bits per heavy atom. The maximum atomic E-state index is 12.9. The summed E-state index contributed by atoms with van der Waals surface area (Å²) in [6.07, 6.45) is 4.36. The first kappa shape index (κ1) is 12.8. The van der Waals surface area contributed by atoms with E-state index in [0.29, 0.717) is 5.69 Å². The minimum absolute atomic E-state index is 0.0710. The summed E-state index contributed by atoms with van der Waals surface area (Å²) < 4.78 is 25.6. The second kappa shape index (κ2) is 5.80. The Morgan fingerprint density at radius 1 is 1.22 bits per heavy atom. The summed E-state index contributed by atoms with van der Waals surface area (Å²) in [6.45, 7) is 0.0710. The standard InChI is InChI=1S/C13H16F2N2O/c14-11-6-5-10(7-12(11)15)16-8-13(18)17-9-3-1-2-4-9/h5-7,9,16H,1-4,8H2,(H,17,18). The monoisotopic (exact) mass is 254 g/mol. The van der Waals surface area contributed by atoms with Crippen molar-refractivity contribution in [2.24, 2.45) is 0 Å². The molecule has 1 aromatic rings. The van der Waals surface area contributed by atoms with Crippen LogP contribution < -0.4 is 10.6 Å². The van der Waals surface area contributed by atoms with E-state index in [9.17, 15) is 13.6 Å². The molecule has 1 amide bonds. The average Bonchev–Trinajstić information content (AvgIpc) is 2.83. The molecule has 18 heavy (non-hydrogen) atoms. The highest BCUT2D eigenvalue weighted by Crippen LogP contribution is 2.17. The normalized spacial score (nSPS) is 15.7. The number of carbonyl (C=O) groups is 1. The van der Waals surface area contributed by atoms with Crippen LogP contribution in [0.2, 0.25) is 0 Å². The fraction of sp³-hybridized carbons (Fsp3) is 0.462. The van der Waals surface area contributed by atoms with Gasteiger partial charge in [-0.1, -0.05) is 12.8 Å². The molecular formula is C13H16F2N2O. The summed E-state index contributed by atoms with van der Waals surface area (Å²) in [4.78, 5) is 11.6. The van der Waals surface area contributed by atoms with Gasteiger partial charge in [0.05, 0.1) is 6.54 Å². The van der Waals surface area contributed by atoms with E-state index in [1.165, 1.54) is 6.07 Å². The predicted octanol–water partition coefficient (Wildman–Crippen LogP) is 2.44. The molecule has 1 aromatic carbocycles. The molecule has 3 nitrogen and oxygen atoms in total. The van der Waals surface area contributed by atoms with Crippen molar-refractivity contribution < 1.29 is 13.6 Å². The van der Waals surface area contributed by atoms with E-state index in [-0.39, 0.29) is 18.5 Å². The molecule has 5 heteroatoms. The van der Waals surface area contributed by atoms with Gasteiger partial charge in [-0.25, -0.2) is 8.78 Å². The number of rotatable bonds is 4. The second-order valence-corrected chi connectivity index (χ2v) is 4.53. The molecule has 1 aliphatic rings. The lowest BCUT2D eigenvalue weighted by Crippen LogP contribution is -2.36. The minimum Gasteiger partial charge on any atom is -0.376 e. The van der Waals surface area contributed by atoms with Crippen LogP contribution >= 0.6 is 0 Å². The van der Waals surface area contributed by atoms with Crippen LogP contribution in [0.3, 0.4) is 0 Å². The Bertz CT molecular complexity index is 431. The summed E-state index contributed by atoms with van der Waals surface area (Å²) in [5.74, 6) is -1.93. The first-order valence-electron chi connectivity index (χ1n) is 6.13. The van der Waals surface area contributed by atoms with Crippen LogP contribution in [-0.2, 0) is 4.79 Å². The highest BCUT2D eigenvalue weighted by molar-refractivity contribution is 5.80. The van der Waals surface area contributed by atoms with Crippen LogP contribution in [0.15, 0.2) is 18.2 Å². The Morgan fingerprint density at radius 2 is 1.94 bits per heavy atom. The van der Waals surface area contributed by atoms with E-state index in [1.54, 1.807) is 0 Å². The smallest absolute Gasteiger partial charge is 0.239 e. The van der Waals surface area contributed by atoms with E-state index in [4.69, 9.17) is 0 Å². The molecule has 0 spiro atoms. The van der Waals surface area contributed by atoms with Crippen LogP contribution in [0.25, 0.3) is 0 Å². The van der Waals surface area contributed by atoms with Gasteiger partial charge >= 0.3 is 0 Å². The molecule has 1 fully saturated rings. The first-order valence-corrected chi connectivity index (χ1v) is 6.13. The van der Waals surface area contributed by atoms with Gasteiger partial charge in [0.25, 0.3) is 0 Å². The van der Waals surface area contributed by atoms with Crippen molar-refractivity contribution in [2.75, 3.05) is 11.9 Å². The van der Waals surface area contributed by atoms with Gasteiger partial charge in [0.2, 0.25) is 5.91 Å². The third-order valence-electron chi connectivity index (χ3n) is 3.09. The number of amides is 1. The van der Waals surface area contributed by atoms with Gasteiger partial charge in [0.1, 0.15) is 0 Å². The third kappa shape index (κ3) is 3.42. The van der Waals surface area contributed by atoms with Crippen molar-refractivity contribution in [1.29, 1.82) is 0 Å². The Labute approximate surface area is 105 Å². The molecule has 1 aliphatic carbocycles. The number of anilines is 1. The van der Waals surface area contributed by atoms with Crippen LogP contribution in [0.5, 0.6) is 0 Å². The number of nitrogens with one attached hydrogen (secondary N) is 2. The van der Waals surface area contributed by atoms with Crippen molar-refractivity contribution in [2.45, 2.75) is 31.7 Å². The molecule has 0 radical (unpaired) electrons. The molecule has 98 valence electrons. The fourth-order valence-electron chi connectivity index (χ4n) is 2.14. The topological polar surface area (TPSA) is 41.1 Å². The van der Waals surface area contributed by atoms with Crippen LogP contribution in [0.1, 0.15) is 25.7 Å². The summed E-state index contributed by atoms with van der Waals surface area (Å²) in [5, 5.41) is 5.67. The van der Waals surface area contributed by atoms with Gasteiger partial charge < -0.3 is 10.6 Å². The minimum atomic E-state index is -0.920. The van der Waals surface area contributed by atoms with E-state index >= 15 is 0 Å². The zero-order valence-electron chi connectivity index (χ0n) is 10.0. The number of hydrogen-bond acceptors (Lipinski definition) is 2. The summed E-state index contributed by atoms with van der Waals surface area (Å²) >= 11 is 0. The number of carbonyl (C=O) groups excluding carboxylic acids is 1. The van der Waals surface area contributed by atoms with Gasteiger partial charge in [-0.05, 0) is 25.0 Å². The second-order valence-electron chi connectivity index (χ2n) is 4.53. The van der Waals surface area contributed by atoms with Crippen molar-refractivity contribution in [3.8, 4) is 0 Å². The van der Waals surface area contributed by atoms with E-state index in [1.807, 2.05) is 0 Å².